The van der Waals surface area contributed by atoms with Gasteiger partial charge in [-0.3, -0.25) is 20.4 Å². The summed E-state index contributed by atoms with van der Waals surface area (Å²) in [4.78, 5) is 27.2. The van der Waals surface area contributed by atoms with Crippen LogP contribution >= 0.6 is 15.9 Å². The Morgan fingerprint density at radius 3 is 2.50 bits per heavy atom. The fourth-order valence-electron chi connectivity index (χ4n) is 2.56. The van der Waals surface area contributed by atoms with Crippen LogP contribution in [0, 0.1) is 0 Å². The van der Waals surface area contributed by atoms with Gasteiger partial charge in [-0.15, -0.1) is 0 Å². The molecule has 0 radical (unpaired) electrons. The van der Waals surface area contributed by atoms with Gasteiger partial charge < -0.3 is 4.98 Å². The smallest absolute Gasteiger partial charge is 0.271 e. The summed E-state index contributed by atoms with van der Waals surface area (Å²) in [7, 11) is -3.75. The summed E-state index contributed by atoms with van der Waals surface area (Å²) in [6.07, 6.45) is 1.41. The molecule has 8 nitrogen and oxygen atoms in total. The molecule has 0 spiro atoms. The molecule has 0 aliphatic carbocycles. The van der Waals surface area contributed by atoms with Crippen LogP contribution in [0.15, 0.2) is 64.1 Å². The molecule has 0 atom stereocenters. The number of aromatic nitrogens is 1. The Bertz CT molecular complexity index is 1130. The molecule has 0 aliphatic rings. The summed E-state index contributed by atoms with van der Waals surface area (Å²) in [5, 5.41) is 0.732. The zero-order valence-electron chi connectivity index (χ0n) is 14.5. The molecule has 3 rings (SSSR count). The monoisotopic (exact) mass is 464 g/mol. The number of para-hydroxylation sites is 1. The lowest BCUT2D eigenvalue weighted by Gasteiger charge is -2.09. The molecule has 2 amide bonds. The third-order valence-corrected chi connectivity index (χ3v) is 6.39. The maximum Gasteiger partial charge on any atom is 0.271 e. The first-order valence-electron chi connectivity index (χ1n) is 8.28. The number of aromatic amines is 1. The third kappa shape index (κ3) is 4.58. The first-order chi connectivity index (χ1) is 13.4. The predicted molar refractivity (Wildman–Crippen MR) is 108 cm³/mol. The van der Waals surface area contributed by atoms with Crippen LogP contribution in [-0.2, 0) is 14.8 Å². The van der Waals surface area contributed by atoms with E-state index in [0.717, 1.165) is 10.9 Å². The highest BCUT2D eigenvalue weighted by molar-refractivity contribution is 9.10. The van der Waals surface area contributed by atoms with Gasteiger partial charge in [0.05, 0.1) is 10.5 Å². The number of hydrogen-bond donors (Lipinski definition) is 4. The van der Waals surface area contributed by atoms with E-state index in [1.165, 1.54) is 6.07 Å². The molecular formula is C18H17BrN4O4S. The lowest BCUT2D eigenvalue weighted by atomic mass is 10.2. The van der Waals surface area contributed by atoms with Crippen molar-refractivity contribution in [3.63, 3.8) is 0 Å². The highest BCUT2D eigenvalue weighted by atomic mass is 79.9. The van der Waals surface area contributed by atoms with Crippen LogP contribution in [0.5, 0.6) is 0 Å². The largest absolute Gasteiger partial charge is 0.360 e. The molecule has 0 unspecified atom stereocenters. The predicted octanol–water partition coefficient (Wildman–Crippen LogP) is 2.06. The van der Waals surface area contributed by atoms with E-state index in [4.69, 9.17) is 0 Å². The number of halogens is 1. The zero-order valence-corrected chi connectivity index (χ0v) is 16.9. The van der Waals surface area contributed by atoms with E-state index in [9.17, 15) is 18.0 Å². The Balaban J connectivity index is 1.50. The Morgan fingerprint density at radius 1 is 1.00 bits per heavy atom. The van der Waals surface area contributed by atoms with Crippen molar-refractivity contribution in [2.45, 2.75) is 11.3 Å². The van der Waals surface area contributed by atoms with Crippen LogP contribution in [0.1, 0.15) is 16.8 Å². The minimum absolute atomic E-state index is 0.0862. The minimum Gasteiger partial charge on any atom is -0.360 e. The Morgan fingerprint density at radius 2 is 1.71 bits per heavy atom. The Hall–Kier alpha value is -2.69. The molecule has 28 heavy (non-hydrogen) atoms. The number of benzene rings is 2. The minimum atomic E-state index is -3.75. The van der Waals surface area contributed by atoms with Gasteiger partial charge in [0.15, 0.2) is 0 Å². The SMILES string of the molecule is O=C(CCNS(=O)(=O)c1ccccc1Br)NNC(=O)c1c[nH]c2ccccc12. The first kappa shape index (κ1) is 20.1. The number of rotatable bonds is 6. The molecular weight excluding hydrogens is 448 g/mol. The molecule has 2 aromatic carbocycles. The number of amides is 2. The maximum absolute atomic E-state index is 12.2. The fourth-order valence-corrected chi connectivity index (χ4v) is 4.59. The number of carbonyl (C=O) groups is 2. The lowest BCUT2D eigenvalue weighted by Crippen LogP contribution is -2.42. The van der Waals surface area contributed by atoms with Crippen LogP contribution in [0.4, 0.5) is 0 Å². The summed E-state index contributed by atoms with van der Waals surface area (Å²) < 4.78 is 27.2. The second kappa shape index (κ2) is 8.55. The number of carbonyl (C=O) groups excluding carboxylic acids is 2. The molecule has 1 heterocycles. The van der Waals surface area contributed by atoms with Gasteiger partial charge in [-0.1, -0.05) is 30.3 Å². The molecule has 4 N–H and O–H groups in total. The molecule has 0 saturated heterocycles. The zero-order chi connectivity index (χ0) is 20.1. The van der Waals surface area contributed by atoms with Crippen molar-refractivity contribution in [1.82, 2.24) is 20.6 Å². The molecule has 0 bridgehead atoms. The first-order valence-corrected chi connectivity index (χ1v) is 10.6. The number of sulfonamides is 1. The average molecular weight is 465 g/mol. The summed E-state index contributed by atoms with van der Waals surface area (Å²) in [5.41, 5.74) is 5.80. The molecule has 0 aliphatic heterocycles. The standard InChI is InChI=1S/C18H17BrN4O4S/c19-14-6-2-4-8-16(14)28(26,27)21-10-9-17(24)22-23-18(25)13-11-20-15-7-3-1-5-12(13)15/h1-8,11,20-21H,9-10H2,(H,22,24)(H,23,25). The van der Waals surface area contributed by atoms with Crippen molar-refractivity contribution in [2.24, 2.45) is 0 Å². The number of hydrazine groups is 1. The normalized spacial score (nSPS) is 11.3. The van der Waals surface area contributed by atoms with E-state index in [1.807, 2.05) is 18.2 Å². The van der Waals surface area contributed by atoms with Crippen molar-refractivity contribution in [3.8, 4) is 0 Å². The molecule has 0 fully saturated rings. The van der Waals surface area contributed by atoms with Crippen molar-refractivity contribution < 1.29 is 18.0 Å². The highest BCUT2D eigenvalue weighted by Gasteiger charge is 2.17. The van der Waals surface area contributed by atoms with E-state index < -0.39 is 21.8 Å². The number of fused-ring (bicyclic) bond motifs is 1. The molecule has 10 heteroatoms. The highest BCUT2D eigenvalue weighted by Crippen LogP contribution is 2.20. The van der Waals surface area contributed by atoms with E-state index in [2.05, 4.69) is 36.5 Å². The van der Waals surface area contributed by atoms with Gasteiger partial charge in [0.25, 0.3) is 5.91 Å². The van der Waals surface area contributed by atoms with Gasteiger partial charge in [0, 0.05) is 34.5 Å². The van der Waals surface area contributed by atoms with Crippen LogP contribution in [0.25, 0.3) is 10.9 Å². The van der Waals surface area contributed by atoms with Crippen LogP contribution in [0.2, 0.25) is 0 Å². The van der Waals surface area contributed by atoms with Crippen molar-refractivity contribution >= 4 is 48.7 Å². The van der Waals surface area contributed by atoms with Crippen LogP contribution in [0.3, 0.4) is 0 Å². The number of H-pyrrole nitrogens is 1. The summed E-state index contributed by atoms with van der Waals surface area (Å²) in [5.74, 6) is -0.998. The molecule has 0 saturated carbocycles. The van der Waals surface area contributed by atoms with E-state index in [1.54, 1.807) is 30.5 Å². The fraction of sp³-hybridized carbons (Fsp3) is 0.111. The van der Waals surface area contributed by atoms with Gasteiger partial charge in [0.2, 0.25) is 15.9 Å². The van der Waals surface area contributed by atoms with Crippen molar-refractivity contribution in [1.29, 1.82) is 0 Å². The van der Waals surface area contributed by atoms with Gasteiger partial charge in [-0.25, -0.2) is 13.1 Å². The second-order valence-electron chi connectivity index (χ2n) is 5.83. The maximum atomic E-state index is 12.2. The molecule has 1 aromatic heterocycles. The average Bonchev–Trinajstić information content (AvgIpc) is 3.10. The second-order valence-corrected chi connectivity index (χ2v) is 8.42. The lowest BCUT2D eigenvalue weighted by molar-refractivity contribution is -0.121. The molecule has 3 aromatic rings. The quantitative estimate of drug-likeness (QED) is 0.417. The molecule has 146 valence electrons. The summed E-state index contributed by atoms with van der Waals surface area (Å²) in [6.45, 7) is -0.113. The van der Waals surface area contributed by atoms with Gasteiger partial charge in [0.1, 0.15) is 0 Å². The topological polar surface area (TPSA) is 120 Å². The van der Waals surface area contributed by atoms with E-state index in [-0.39, 0.29) is 17.9 Å². The van der Waals surface area contributed by atoms with Crippen LogP contribution in [-0.4, -0.2) is 31.8 Å². The van der Waals surface area contributed by atoms with Gasteiger partial charge >= 0.3 is 0 Å². The van der Waals surface area contributed by atoms with Gasteiger partial charge in [-0.05, 0) is 34.1 Å². The number of nitrogens with one attached hydrogen (secondary N) is 4. The Kier molecular flexibility index (Phi) is 6.12. The Labute approximate surface area is 169 Å². The van der Waals surface area contributed by atoms with E-state index in [0.29, 0.717) is 10.0 Å². The van der Waals surface area contributed by atoms with Crippen molar-refractivity contribution in [2.75, 3.05) is 6.54 Å². The summed E-state index contributed by atoms with van der Waals surface area (Å²) >= 11 is 3.18. The van der Waals surface area contributed by atoms with Crippen LogP contribution < -0.4 is 15.6 Å². The van der Waals surface area contributed by atoms with Gasteiger partial charge in [-0.2, -0.15) is 0 Å². The van der Waals surface area contributed by atoms with E-state index >= 15 is 0 Å². The van der Waals surface area contributed by atoms with Crippen molar-refractivity contribution in [3.05, 3.63) is 64.8 Å². The number of hydrogen-bond acceptors (Lipinski definition) is 4. The third-order valence-electron chi connectivity index (χ3n) is 3.92. The summed E-state index contributed by atoms with van der Waals surface area (Å²) in [6, 6.07) is 13.6.